The summed E-state index contributed by atoms with van der Waals surface area (Å²) in [6, 6.07) is 8.08. The largest absolute Gasteiger partial charge is 0.380 e. The summed E-state index contributed by atoms with van der Waals surface area (Å²) in [6.45, 7) is 4.87. The molecule has 17 heavy (non-hydrogen) atoms. The van der Waals surface area contributed by atoms with Crippen molar-refractivity contribution in [2.75, 3.05) is 25.0 Å². The van der Waals surface area contributed by atoms with Crippen LogP contribution in [-0.4, -0.2) is 19.6 Å². The fourth-order valence-electron chi connectivity index (χ4n) is 1.94. The Morgan fingerprint density at radius 1 is 1.47 bits per heavy atom. The van der Waals surface area contributed by atoms with E-state index in [9.17, 15) is 0 Å². The van der Waals surface area contributed by atoms with Crippen LogP contribution < -0.4 is 10.6 Å². The lowest BCUT2D eigenvalue weighted by Gasteiger charge is -2.16. The molecule has 2 rings (SSSR count). The molecule has 0 aliphatic carbocycles. The lowest BCUT2D eigenvalue weighted by molar-refractivity contribution is 0.698. The van der Waals surface area contributed by atoms with Crippen LogP contribution in [0, 0.1) is 18.3 Å². The lowest BCUT2D eigenvalue weighted by Crippen LogP contribution is -2.23. The summed E-state index contributed by atoms with van der Waals surface area (Å²) in [5.74, 6) is 0. The summed E-state index contributed by atoms with van der Waals surface area (Å²) in [7, 11) is 0. The van der Waals surface area contributed by atoms with E-state index in [4.69, 9.17) is 5.26 Å². The number of hydrogen-bond donors (Lipinski definition) is 2. The number of hydrogen-bond acceptors (Lipinski definition) is 3. The molecule has 1 aromatic rings. The van der Waals surface area contributed by atoms with E-state index >= 15 is 0 Å². The predicted octanol–water partition coefficient (Wildman–Crippen LogP) is 2.20. The molecule has 0 atom stereocenters. The first-order valence-electron chi connectivity index (χ1n) is 5.93. The molecule has 88 valence electrons. The van der Waals surface area contributed by atoms with Gasteiger partial charge >= 0.3 is 0 Å². The van der Waals surface area contributed by atoms with Crippen molar-refractivity contribution in [1.29, 1.82) is 5.26 Å². The highest BCUT2D eigenvalue weighted by molar-refractivity contribution is 5.59. The summed E-state index contributed by atoms with van der Waals surface area (Å²) < 4.78 is 0. The molecule has 3 heteroatoms. The smallest absolute Gasteiger partial charge is 0.101 e. The molecule has 2 N–H and O–H groups in total. The van der Waals surface area contributed by atoms with Crippen LogP contribution in [0.15, 0.2) is 29.8 Å². The molecule has 0 saturated heterocycles. The van der Waals surface area contributed by atoms with Crippen LogP contribution in [0.3, 0.4) is 0 Å². The molecule has 0 radical (unpaired) electrons. The summed E-state index contributed by atoms with van der Waals surface area (Å²) in [6.07, 6.45) is 3.30. The van der Waals surface area contributed by atoms with Gasteiger partial charge in [0.05, 0.1) is 11.3 Å². The number of nitrogens with one attached hydrogen (secondary N) is 2. The van der Waals surface area contributed by atoms with E-state index in [1.165, 1.54) is 11.1 Å². The van der Waals surface area contributed by atoms with Crippen molar-refractivity contribution < 1.29 is 0 Å². The zero-order chi connectivity index (χ0) is 12.1. The standard InChI is InChI=1S/C14H17N3/c1-11-2-3-13(9-15)14(8-11)17-10-12-4-6-16-7-5-12/h2-4,8,16-17H,5-7,10H2,1H3. The Kier molecular flexibility index (Phi) is 3.79. The van der Waals surface area contributed by atoms with Crippen LogP contribution in [0.1, 0.15) is 17.5 Å². The highest BCUT2D eigenvalue weighted by Gasteiger charge is 2.05. The number of nitrogens with zero attached hydrogens (tertiary/aromatic N) is 1. The van der Waals surface area contributed by atoms with E-state index in [0.717, 1.165) is 31.7 Å². The van der Waals surface area contributed by atoms with Crippen LogP contribution in [0.4, 0.5) is 5.69 Å². The van der Waals surface area contributed by atoms with Gasteiger partial charge in [-0.15, -0.1) is 0 Å². The van der Waals surface area contributed by atoms with E-state index in [1.807, 2.05) is 25.1 Å². The van der Waals surface area contributed by atoms with Crippen molar-refractivity contribution in [3.05, 3.63) is 41.0 Å². The highest BCUT2D eigenvalue weighted by Crippen LogP contribution is 2.17. The van der Waals surface area contributed by atoms with Crippen LogP contribution >= 0.6 is 0 Å². The Morgan fingerprint density at radius 2 is 2.35 bits per heavy atom. The molecular formula is C14H17N3. The Morgan fingerprint density at radius 3 is 3.06 bits per heavy atom. The highest BCUT2D eigenvalue weighted by atomic mass is 14.9. The van der Waals surface area contributed by atoms with Gasteiger partial charge in [-0.05, 0) is 37.6 Å². The fraction of sp³-hybridized carbons (Fsp3) is 0.357. The van der Waals surface area contributed by atoms with Gasteiger partial charge in [0.15, 0.2) is 0 Å². The number of nitriles is 1. The Labute approximate surface area is 102 Å². The van der Waals surface area contributed by atoms with Crippen LogP contribution in [-0.2, 0) is 0 Å². The molecule has 0 bridgehead atoms. The third kappa shape index (κ3) is 3.08. The molecule has 0 unspecified atom stereocenters. The van der Waals surface area contributed by atoms with Crippen molar-refractivity contribution in [1.82, 2.24) is 5.32 Å². The van der Waals surface area contributed by atoms with E-state index < -0.39 is 0 Å². The van der Waals surface area contributed by atoms with Gasteiger partial charge in [-0.25, -0.2) is 0 Å². The van der Waals surface area contributed by atoms with Gasteiger partial charge in [0.25, 0.3) is 0 Å². The second kappa shape index (κ2) is 5.51. The topological polar surface area (TPSA) is 47.9 Å². The maximum absolute atomic E-state index is 9.03. The van der Waals surface area contributed by atoms with E-state index in [1.54, 1.807) is 0 Å². The fourth-order valence-corrected chi connectivity index (χ4v) is 1.94. The second-order valence-corrected chi connectivity index (χ2v) is 4.33. The molecular weight excluding hydrogens is 210 g/mol. The SMILES string of the molecule is Cc1ccc(C#N)c(NCC2=CCNCC2)c1. The van der Waals surface area contributed by atoms with Crippen molar-refractivity contribution in [2.45, 2.75) is 13.3 Å². The average Bonchev–Trinajstić information content (AvgIpc) is 2.38. The third-order valence-electron chi connectivity index (χ3n) is 2.96. The first-order chi connectivity index (χ1) is 8.29. The molecule has 1 aromatic carbocycles. The number of anilines is 1. The lowest BCUT2D eigenvalue weighted by atomic mass is 10.1. The molecule has 0 aromatic heterocycles. The first kappa shape index (κ1) is 11.7. The normalized spacial score (nSPS) is 14.9. The van der Waals surface area contributed by atoms with Gasteiger partial charge < -0.3 is 10.6 Å². The van der Waals surface area contributed by atoms with Crippen LogP contribution in [0.2, 0.25) is 0 Å². The zero-order valence-electron chi connectivity index (χ0n) is 10.1. The Bertz CT molecular complexity index is 469. The van der Waals surface area contributed by atoms with Crippen LogP contribution in [0.5, 0.6) is 0 Å². The Hall–Kier alpha value is -1.79. The minimum atomic E-state index is 0.713. The van der Waals surface area contributed by atoms with Gasteiger partial charge in [-0.3, -0.25) is 0 Å². The number of benzene rings is 1. The second-order valence-electron chi connectivity index (χ2n) is 4.33. The molecule has 0 amide bonds. The molecule has 1 aliphatic heterocycles. The summed E-state index contributed by atoms with van der Waals surface area (Å²) >= 11 is 0. The monoisotopic (exact) mass is 227 g/mol. The van der Waals surface area contributed by atoms with Crippen molar-refractivity contribution >= 4 is 5.69 Å². The number of aryl methyl sites for hydroxylation is 1. The van der Waals surface area contributed by atoms with Crippen molar-refractivity contribution in [2.24, 2.45) is 0 Å². The maximum Gasteiger partial charge on any atom is 0.101 e. The molecule has 3 nitrogen and oxygen atoms in total. The average molecular weight is 227 g/mol. The molecule has 0 fully saturated rings. The van der Waals surface area contributed by atoms with Crippen molar-refractivity contribution in [3.8, 4) is 6.07 Å². The first-order valence-corrected chi connectivity index (χ1v) is 5.93. The minimum absolute atomic E-state index is 0.713. The van der Waals surface area contributed by atoms with Gasteiger partial charge in [-0.2, -0.15) is 5.26 Å². The minimum Gasteiger partial charge on any atom is -0.380 e. The summed E-state index contributed by atoms with van der Waals surface area (Å²) in [5.41, 5.74) is 4.23. The quantitative estimate of drug-likeness (QED) is 0.778. The van der Waals surface area contributed by atoms with Gasteiger partial charge in [-0.1, -0.05) is 17.7 Å². The van der Waals surface area contributed by atoms with E-state index in [-0.39, 0.29) is 0 Å². The zero-order valence-corrected chi connectivity index (χ0v) is 10.1. The van der Waals surface area contributed by atoms with Gasteiger partial charge in [0.1, 0.15) is 6.07 Å². The molecule has 1 aliphatic rings. The molecule has 0 saturated carbocycles. The van der Waals surface area contributed by atoms with Gasteiger partial charge in [0.2, 0.25) is 0 Å². The Balaban J connectivity index is 2.05. The van der Waals surface area contributed by atoms with E-state index in [2.05, 4.69) is 22.8 Å². The van der Waals surface area contributed by atoms with Crippen molar-refractivity contribution in [3.63, 3.8) is 0 Å². The maximum atomic E-state index is 9.03. The van der Waals surface area contributed by atoms with Gasteiger partial charge in [0, 0.05) is 13.1 Å². The van der Waals surface area contributed by atoms with Crippen LogP contribution in [0.25, 0.3) is 0 Å². The molecule has 0 spiro atoms. The number of rotatable bonds is 3. The van der Waals surface area contributed by atoms with E-state index in [0.29, 0.717) is 5.56 Å². The third-order valence-corrected chi connectivity index (χ3v) is 2.96. The summed E-state index contributed by atoms with van der Waals surface area (Å²) in [4.78, 5) is 0. The molecule has 1 heterocycles. The predicted molar refractivity (Wildman–Crippen MR) is 70.0 cm³/mol. The summed E-state index contributed by atoms with van der Waals surface area (Å²) in [5, 5.41) is 15.7.